The van der Waals surface area contributed by atoms with Crippen molar-refractivity contribution in [2.45, 2.75) is 0 Å². The summed E-state index contributed by atoms with van der Waals surface area (Å²) in [6, 6.07) is 26.9. The van der Waals surface area contributed by atoms with E-state index in [2.05, 4.69) is 15.1 Å². The van der Waals surface area contributed by atoms with E-state index in [0.717, 1.165) is 4.90 Å². The monoisotopic (exact) mass is 516 g/mol. The second kappa shape index (κ2) is 9.67. The number of pyridine rings is 1. The number of carbonyl (C=O) groups is 2. The van der Waals surface area contributed by atoms with Gasteiger partial charge in [-0.1, -0.05) is 36.4 Å². The SMILES string of the molecule is COc1ccc(-n2nc3c(N(C(=O)c4ccccc4)C(=O)c4ccccc4)nc4ncccc4n3c2=O)cc1. The van der Waals surface area contributed by atoms with Gasteiger partial charge in [-0.15, -0.1) is 5.10 Å². The van der Waals surface area contributed by atoms with E-state index in [1.807, 2.05) is 0 Å². The Morgan fingerprint density at radius 3 is 2.00 bits per heavy atom. The van der Waals surface area contributed by atoms with Gasteiger partial charge < -0.3 is 4.74 Å². The number of nitrogens with zero attached hydrogens (tertiary/aromatic N) is 6. The van der Waals surface area contributed by atoms with E-state index in [0.29, 0.717) is 17.0 Å². The van der Waals surface area contributed by atoms with Gasteiger partial charge >= 0.3 is 5.69 Å². The van der Waals surface area contributed by atoms with E-state index in [-0.39, 0.29) is 28.2 Å². The van der Waals surface area contributed by atoms with Crippen molar-refractivity contribution in [3.8, 4) is 11.4 Å². The summed E-state index contributed by atoms with van der Waals surface area (Å²) in [5.74, 6) is -0.755. The number of rotatable bonds is 5. The molecule has 0 saturated carbocycles. The molecule has 0 fully saturated rings. The third-order valence-corrected chi connectivity index (χ3v) is 6.17. The van der Waals surface area contributed by atoms with E-state index in [1.54, 1.807) is 104 Å². The smallest absolute Gasteiger partial charge is 0.355 e. The highest BCUT2D eigenvalue weighted by Gasteiger charge is 2.31. The topological polar surface area (TPSA) is 112 Å². The normalized spacial score (nSPS) is 11.0. The van der Waals surface area contributed by atoms with Gasteiger partial charge in [0.1, 0.15) is 5.75 Å². The molecule has 0 unspecified atom stereocenters. The van der Waals surface area contributed by atoms with Crippen molar-refractivity contribution in [3.63, 3.8) is 0 Å². The highest BCUT2D eigenvalue weighted by atomic mass is 16.5. The predicted octanol–water partition coefficient (Wildman–Crippen LogP) is 3.92. The molecule has 3 aromatic carbocycles. The van der Waals surface area contributed by atoms with Crippen LogP contribution in [0.2, 0.25) is 0 Å². The zero-order chi connectivity index (χ0) is 26.9. The van der Waals surface area contributed by atoms with Gasteiger partial charge in [-0.05, 0) is 60.7 Å². The first-order valence-corrected chi connectivity index (χ1v) is 12.0. The number of ether oxygens (including phenoxy) is 1. The van der Waals surface area contributed by atoms with Crippen LogP contribution < -0.4 is 15.3 Å². The molecule has 190 valence electrons. The number of hydrogen-bond donors (Lipinski definition) is 0. The molecular formula is C29H20N6O4. The summed E-state index contributed by atoms with van der Waals surface area (Å²) in [6.07, 6.45) is 1.52. The van der Waals surface area contributed by atoms with Gasteiger partial charge in [-0.2, -0.15) is 4.68 Å². The minimum Gasteiger partial charge on any atom is -0.497 e. The summed E-state index contributed by atoms with van der Waals surface area (Å²) in [5.41, 5.74) is 1.03. The molecule has 3 heterocycles. The van der Waals surface area contributed by atoms with Gasteiger partial charge in [0.15, 0.2) is 11.5 Å². The molecule has 0 aliphatic rings. The minimum atomic E-state index is -0.624. The Kier molecular flexibility index (Phi) is 5.89. The fourth-order valence-corrected chi connectivity index (χ4v) is 4.27. The van der Waals surface area contributed by atoms with E-state index < -0.39 is 17.5 Å². The van der Waals surface area contributed by atoms with Crippen LogP contribution in [0.25, 0.3) is 22.5 Å². The molecule has 3 aromatic heterocycles. The largest absolute Gasteiger partial charge is 0.497 e. The van der Waals surface area contributed by atoms with Crippen LogP contribution in [0.3, 0.4) is 0 Å². The molecule has 10 nitrogen and oxygen atoms in total. The predicted molar refractivity (Wildman–Crippen MR) is 144 cm³/mol. The summed E-state index contributed by atoms with van der Waals surface area (Å²) in [6.45, 7) is 0. The fourth-order valence-electron chi connectivity index (χ4n) is 4.27. The Morgan fingerprint density at radius 2 is 1.41 bits per heavy atom. The number of aromatic nitrogens is 5. The molecule has 10 heteroatoms. The van der Waals surface area contributed by atoms with Crippen molar-refractivity contribution in [2.24, 2.45) is 0 Å². The third-order valence-electron chi connectivity index (χ3n) is 6.17. The van der Waals surface area contributed by atoms with Crippen molar-refractivity contribution in [3.05, 3.63) is 125 Å². The molecule has 0 saturated heterocycles. The van der Waals surface area contributed by atoms with E-state index in [1.165, 1.54) is 15.3 Å². The number of carbonyl (C=O) groups excluding carboxylic acids is 2. The van der Waals surface area contributed by atoms with Gasteiger partial charge in [0.2, 0.25) is 5.65 Å². The maximum atomic E-state index is 13.9. The quantitative estimate of drug-likeness (QED) is 0.319. The van der Waals surface area contributed by atoms with Gasteiger partial charge in [-0.3, -0.25) is 9.59 Å². The van der Waals surface area contributed by atoms with Crippen LogP contribution in [-0.4, -0.2) is 43.1 Å². The maximum Gasteiger partial charge on any atom is 0.355 e. The second-order valence-electron chi connectivity index (χ2n) is 8.51. The lowest BCUT2D eigenvalue weighted by molar-refractivity contribution is 0.0896. The van der Waals surface area contributed by atoms with Gasteiger partial charge in [0.05, 0.1) is 18.3 Å². The number of amides is 2. The molecule has 0 radical (unpaired) electrons. The highest BCUT2D eigenvalue weighted by molar-refractivity contribution is 6.26. The van der Waals surface area contributed by atoms with Gasteiger partial charge in [0, 0.05) is 17.3 Å². The van der Waals surface area contributed by atoms with Crippen LogP contribution in [-0.2, 0) is 0 Å². The zero-order valence-corrected chi connectivity index (χ0v) is 20.6. The average Bonchev–Trinajstić information content (AvgIpc) is 3.35. The van der Waals surface area contributed by atoms with Crippen LogP contribution >= 0.6 is 0 Å². The van der Waals surface area contributed by atoms with Gasteiger partial charge in [-0.25, -0.2) is 24.1 Å². The number of hydrogen-bond acceptors (Lipinski definition) is 7. The summed E-state index contributed by atoms with van der Waals surface area (Å²) in [5, 5.41) is 4.55. The van der Waals surface area contributed by atoms with Crippen LogP contribution in [0.1, 0.15) is 20.7 Å². The standard InChI is InChI=1S/C29H20N6O4/c1-39-22-16-14-21(15-17-22)35-29(38)33-23-13-8-18-30-24(23)31-25(26(33)32-35)34(27(36)19-9-4-2-5-10-19)28(37)20-11-6-3-7-12-20/h2-18H,1H3. The van der Waals surface area contributed by atoms with Crippen LogP contribution in [0.4, 0.5) is 5.82 Å². The molecule has 39 heavy (non-hydrogen) atoms. The second-order valence-corrected chi connectivity index (χ2v) is 8.51. The number of benzene rings is 3. The Labute approximate surface area is 221 Å². The van der Waals surface area contributed by atoms with Crippen molar-refractivity contribution < 1.29 is 14.3 Å². The van der Waals surface area contributed by atoms with E-state index in [9.17, 15) is 14.4 Å². The molecule has 0 aliphatic carbocycles. The lowest BCUT2D eigenvalue weighted by Gasteiger charge is -2.20. The zero-order valence-electron chi connectivity index (χ0n) is 20.6. The van der Waals surface area contributed by atoms with E-state index in [4.69, 9.17) is 4.74 Å². The van der Waals surface area contributed by atoms with Gasteiger partial charge in [0.25, 0.3) is 11.8 Å². The van der Waals surface area contributed by atoms with Crippen molar-refractivity contribution in [1.29, 1.82) is 0 Å². The summed E-state index contributed by atoms with van der Waals surface area (Å²) in [4.78, 5) is 51.3. The Hall–Kier alpha value is -5.64. The molecule has 6 aromatic rings. The van der Waals surface area contributed by atoms with Crippen LogP contribution in [0, 0.1) is 0 Å². The Balaban J connectivity index is 1.65. The van der Waals surface area contributed by atoms with Crippen LogP contribution in [0.15, 0.2) is 108 Å². The molecule has 0 aliphatic heterocycles. The van der Waals surface area contributed by atoms with Crippen molar-refractivity contribution in [2.75, 3.05) is 12.0 Å². The summed E-state index contributed by atoms with van der Waals surface area (Å²) >= 11 is 0. The highest BCUT2D eigenvalue weighted by Crippen LogP contribution is 2.26. The summed E-state index contributed by atoms with van der Waals surface area (Å²) in [7, 11) is 1.55. The Morgan fingerprint density at radius 1 is 0.795 bits per heavy atom. The molecule has 0 atom stereocenters. The van der Waals surface area contributed by atoms with Crippen molar-refractivity contribution >= 4 is 34.4 Å². The summed E-state index contributed by atoms with van der Waals surface area (Å²) < 4.78 is 7.72. The minimum absolute atomic E-state index is 0.0184. The molecule has 6 rings (SSSR count). The fraction of sp³-hybridized carbons (Fsp3) is 0.0345. The van der Waals surface area contributed by atoms with E-state index >= 15 is 0 Å². The first kappa shape index (κ1) is 23.7. The third kappa shape index (κ3) is 4.09. The van der Waals surface area contributed by atoms with Crippen molar-refractivity contribution in [1.82, 2.24) is 24.1 Å². The first-order valence-electron chi connectivity index (χ1n) is 12.0. The molecule has 0 bridgehead atoms. The maximum absolute atomic E-state index is 13.9. The average molecular weight is 517 g/mol. The molecule has 0 spiro atoms. The molecular weight excluding hydrogens is 496 g/mol. The number of anilines is 1. The number of methoxy groups -OCH3 is 1. The van der Waals surface area contributed by atoms with Crippen LogP contribution in [0.5, 0.6) is 5.75 Å². The molecule has 2 amide bonds. The lowest BCUT2D eigenvalue weighted by Crippen LogP contribution is -2.38. The Bertz CT molecular complexity index is 1850. The first-order chi connectivity index (χ1) is 19.1. The number of fused-ring (bicyclic) bond motifs is 3. The lowest BCUT2D eigenvalue weighted by atomic mass is 10.1. The number of imide groups is 1. The molecule has 0 N–H and O–H groups in total.